The summed E-state index contributed by atoms with van der Waals surface area (Å²) < 4.78 is 11.5. The molecule has 0 atom stereocenters. The van der Waals surface area contributed by atoms with Gasteiger partial charge in [-0.05, 0) is 6.42 Å². The molecule has 0 aliphatic carbocycles. The molecule has 1 aromatic rings. The van der Waals surface area contributed by atoms with Crippen molar-refractivity contribution in [2.75, 3.05) is 31.2 Å². The van der Waals surface area contributed by atoms with E-state index in [1.54, 1.807) is 12.4 Å². The maximum Gasteiger partial charge on any atom is 0.186 e. The molecule has 2 aliphatic rings. The van der Waals surface area contributed by atoms with Crippen molar-refractivity contribution in [3.05, 3.63) is 18.1 Å². The van der Waals surface area contributed by atoms with Crippen molar-refractivity contribution in [2.45, 2.75) is 25.2 Å². The Bertz CT molecular complexity index is 403. The first-order valence-corrected chi connectivity index (χ1v) is 6.35. The molecule has 1 aromatic heterocycles. The van der Waals surface area contributed by atoms with Gasteiger partial charge in [0.1, 0.15) is 5.82 Å². The average Bonchev–Trinajstić information content (AvgIpc) is 2.87. The van der Waals surface area contributed by atoms with E-state index in [9.17, 15) is 0 Å². The zero-order chi connectivity index (χ0) is 12.4. The number of aromatic nitrogens is 2. The Hall–Kier alpha value is -1.24. The largest absolute Gasteiger partial charge is 0.350 e. The van der Waals surface area contributed by atoms with E-state index in [1.807, 2.05) is 0 Å². The molecule has 18 heavy (non-hydrogen) atoms. The molecule has 2 fully saturated rings. The van der Waals surface area contributed by atoms with Crippen molar-refractivity contribution in [2.24, 2.45) is 5.73 Å². The average molecular weight is 250 g/mol. The normalized spacial score (nSPS) is 22.6. The summed E-state index contributed by atoms with van der Waals surface area (Å²) in [7, 11) is 0. The fourth-order valence-electron chi connectivity index (χ4n) is 2.53. The Morgan fingerprint density at radius 3 is 2.78 bits per heavy atom. The SMILES string of the molecule is NCc1cnc(N2CCCC3(C2)OCCO3)cn1. The molecule has 1 spiro atoms. The molecule has 0 radical (unpaired) electrons. The van der Waals surface area contributed by atoms with Crippen LogP contribution >= 0.6 is 0 Å². The Morgan fingerprint density at radius 1 is 1.28 bits per heavy atom. The first kappa shape index (κ1) is 11.8. The number of nitrogens with two attached hydrogens (primary N) is 1. The number of anilines is 1. The molecule has 2 aliphatic heterocycles. The fourth-order valence-corrected chi connectivity index (χ4v) is 2.53. The van der Waals surface area contributed by atoms with Gasteiger partial charge in [-0.3, -0.25) is 4.98 Å². The minimum absolute atomic E-state index is 0.420. The summed E-state index contributed by atoms with van der Waals surface area (Å²) in [5.74, 6) is 0.442. The maximum absolute atomic E-state index is 5.75. The lowest BCUT2D eigenvalue weighted by atomic mass is 10.0. The van der Waals surface area contributed by atoms with E-state index in [2.05, 4.69) is 14.9 Å². The van der Waals surface area contributed by atoms with Gasteiger partial charge < -0.3 is 20.1 Å². The zero-order valence-electron chi connectivity index (χ0n) is 10.3. The molecule has 0 aromatic carbocycles. The molecular weight excluding hydrogens is 232 g/mol. The molecule has 98 valence electrons. The van der Waals surface area contributed by atoms with Crippen LogP contribution < -0.4 is 10.6 Å². The van der Waals surface area contributed by atoms with Crippen LogP contribution in [0.3, 0.4) is 0 Å². The van der Waals surface area contributed by atoms with E-state index in [-0.39, 0.29) is 0 Å². The first-order valence-electron chi connectivity index (χ1n) is 6.35. The van der Waals surface area contributed by atoms with E-state index in [1.165, 1.54) is 0 Å². The second-order valence-electron chi connectivity index (χ2n) is 4.70. The Morgan fingerprint density at radius 2 is 2.11 bits per heavy atom. The summed E-state index contributed by atoms with van der Waals surface area (Å²) in [5.41, 5.74) is 6.32. The van der Waals surface area contributed by atoms with Gasteiger partial charge in [0, 0.05) is 19.5 Å². The van der Waals surface area contributed by atoms with Gasteiger partial charge >= 0.3 is 0 Å². The number of piperidine rings is 1. The first-order chi connectivity index (χ1) is 8.81. The molecule has 0 unspecified atom stereocenters. The molecule has 2 N–H and O–H groups in total. The summed E-state index contributed by atoms with van der Waals surface area (Å²) >= 11 is 0. The van der Waals surface area contributed by atoms with Gasteiger partial charge in [-0.1, -0.05) is 0 Å². The number of nitrogens with zero attached hydrogens (tertiary/aromatic N) is 3. The number of rotatable bonds is 2. The van der Waals surface area contributed by atoms with Crippen molar-refractivity contribution in [3.8, 4) is 0 Å². The summed E-state index contributed by atoms with van der Waals surface area (Å²) in [6.07, 6.45) is 5.50. The molecule has 0 amide bonds. The van der Waals surface area contributed by atoms with Crippen LogP contribution in [0.4, 0.5) is 5.82 Å². The van der Waals surface area contributed by atoms with Crippen LogP contribution in [-0.4, -0.2) is 42.1 Å². The second kappa shape index (κ2) is 4.79. The van der Waals surface area contributed by atoms with Gasteiger partial charge in [0.05, 0.1) is 37.8 Å². The van der Waals surface area contributed by atoms with Crippen LogP contribution in [-0.2, 0) is 16.0 Å². The molecular formula is C12H18N4O2. The standard InChI is InChI=1S/C12H18N4O2/c13-6-10-7-15-11(8-14-10)16-3-1-2-12(9-16)17-4-5-18-12/h7-8H,1-6,9,13H2. The van der Waals surface area contributed by atoms with Gasteiger partial charge in [0.25, 0.3) is 0 Å². The number of hydrogen-bond acceptors (Lipinski definition) is 6. The molecule has 0 saturated carbocycles. The van der Waals surface area contributed by atoms with E-state index < -0.39 is 5.79 Å². The third-order valence-corrected chi connectivity index (χ3v) is 3.46. The van der Waals surface area contributed by atoms with Gasteiger partial charge in [-0.2, -0.15) is 0 Å². The smallest absolute Gasteiger partial charge is 0.186 e. The minimum Gasteiger partial charge on any atom is -0.350 e. The Kier molecular flexibility index (Phi) is 3.15. The van der Waals surface area contributed by atoms with E-state index in [0.29, 0.717) is 19.8 Å². The monoisotopic (exact) mass is 250 g/mol. The highest BCUT2D eigenvalue weighted by Crippen LogP contribution is 2.31. The quantitative estimate of drug-likeness (QED) is 0.812. The summed E-state index contributed by atoms with van der Waals surface area (Å²) in [5, 5.41) is 0. The summed E-state index contributed by atoms with van der Waals surface area (Å²) in [6, 6.07) is 0. The third-order valence-electron chi connectivity index (χ3n) is 3.46. The lowest BCUT2D eigenvalue weighted by molar-refractivity contribution is -0.161. The molecule has 0 bridgehead atoms. The van der Waals surface area contributed by atoms with Gasteiger partial charge in [0.2, 0.25) is 0 Å². The van der Waals surface area contributed by atoms with Gasteiger partial charge in [0.15, 0.2) is 5.79 Å². The highest BCUT2D eigenvalue weighted by Gasteiger charge is 2.41. The minimum atomic E-state index is -0.424. The van der Waals surface area contributed by atoms with Crippen molar-refractivity contribution in [1.29, 1.82) is 0 Å². The predicted octanol–water partition coefficient (Wildman–Crippen LogP) is 0.279. The molecule has 3 rings (SSSR count). The van der Waals surface area contributed by atoms with Gasteiger partial charge in [-0.25, -0.2) is 4.98 Å². The maximum atomic E-state index is 5.75. The van der Waals surface area contributed by atoms with Crippen molar-refractivity contribution < 1.29 is 9.47 Å². The number of hydrogen-bond donors (Lipinski definition) is 1. The highest BCUT2D eigenvalue weighted by molar-refractivity contribution is 5.37. The van der Waals surface area contributed by atoms with E-state index in [0.717, 1.165) is 37.4 Å². The molecule has 6 heteroatoms. The summed E-state index contributed by atoms with van der Waals surface area (Å²) in [6.45, 7) is 3.48. The van der Waals surface area contributed by atoms with E-state index in [4.69, 9.17) is 15.2 Å². The van der Waals surface area contributed by atoms with Crippen LogP contribution in [0.25, 0.3) is 0 Å². The zero-order valence-corrected chi connectivity index (χ0v) is 10.3. The predicted molar refractivity (Wildman–Crippen MR) is 66.0 cm³/mol. The second-order valence-corrected chi connectivity index (χ2v) is 4.70. The van der Waals surface area contributed by atoms with Crippen LogP contribution in [0.2, 0.25) is 0 Å². The van der Waals surface area contributed by atoms with Gasteiger partial charge in [-0.15, -0.1) is 0 Å². The van der Waals surface area contributed by atoms with Crippen molar-refractivity contribution in [1.82, 2.24) is 9.97 Å². The lowest BCUT2D eigenvalue weighted by Gasteiger charge is -2.39. The lowest BCUT2D eigenvalue weighted by Crippen LogP contribution is -2.49. The highest BCUT2D eigenvalue weighted by atomic mass is 16.7. The summed E-state index contributed by atoms with van der Waals surface area (Å²) in [4.78, 5) is 10.8. The topological polar surface area (TPSA) is 73.5 Å². The van der Waals surface area contributed by atoms with Crippen molar-refractivity contribution >= 4 is 5.82 Å². The van der Waals surface area contributed by atoms with Crippen molar-refractivity contribution in [3.63, 3.8) is 0 Å². The molecule has 2 saturated heterocycles. The van der Waals surface area contributed by atoms with Crippen LogP contribution in [0.15, 0.2) is 12.4 Å². The fraction of sp³-hybridized carbons (Fsp3) is 0.667. The van der Waals surface area contributed by atoms with Crippen LogP contribution in [0.5, 0.6) is 0 Å². The third kappa shape index (κ3) is 2.19. The molecule has 3 heterocycles. The van der Waals surface area contributed by atoms with Crippen LogP contribution in [0.1, 0.15) is 18.5 Å². The molecule has 6 nitrogen and oxygen atoms in total. The Labute approximate surface area is 106 Å². The number of ether oxygens (including phenoxy) is 2. The Balaban J connectivity index is 1.74. The van der Waals surface area contributed by atoms with Crippen LogP contribution in [0, 0.1) is 0 Å². The van der Waals surface area contributed by atoms with E-state index >= 15 is 0 Å².